The van der Waals surface area contributed by atoms with Crippen LogP contribution in [0.15, 0.2) is 73.2 Å². The average Bonchev–Trinajstić information content (AvgIpc) is 3.33. The molecule has 3 heterocycles. The van der Waals surface area contributed by atoms with E-state index in [4.69, 9.17) is 0 Å². The van der Waals surface area contributed by atoms with E-state index in [1.807, 2.05) is 48.7 Å². The number of hydrogen-bond acceptors (Lipinski definition) is 5. The highest BCUT2D eigenvalue weighted by Crippen LogP contribution is 2.32. The van der Waals surface area contributed by atoms with Gasteiger partial charge in [-0.3, -0.25) is 4.79 Å². The number of benzene rings is 2. The molecular weight excluding hydrogens is 400 g/mol. The fourth-order valence-electron chi connectivity index (χ4n) is 4.36. The van der Waals surface area contributed by atoms with Gasteiger partial charge in [0.25, 0.3) is 0 Å². The van der Waals surface area contributed by atoms with Crippen LogP contribution in [0.2, 0.25) is 0 Å². The van der Waals surface area contributed by atoms with Gasteiger partial charge in [0, 0.05) is 36.6 Å². The molecule has 7 nitrogen and oxygen atoms in total. The van der Waals surface area contributed by atoms with E-state index in [2.05, 4.69) is 48.7 Å². The van der Waals surface area contributed by atoms with Crippen molar-refractivity contribution >= 4 is 34.1 Å². The van der Waals surface area contributed by atoms with Gasteiger partial charge in [-0.1, -0.05) is 30.3 Å². The molecule has 0 bridgehead atoms. The number of rotatable bonds is 6. The van der Waals surface area contributed by atoms with Crippen molar-refractivity contribution in [2.45, 2.75) is 18.8 Å². The Labute approximate surface area is 186 Å². The molecule has 5 rings (SSSR count). The van der Waals surface area contributed by atoms with E-state index in [0.29, 0.717) is 5.92 Å². The fourth-order valence-corrected chi connectivity index (χ4v) is 4.36. The molecule has 0 aliphatic carbocycles. The van der Waals surface area contributed by atoms with Crippen LogP contribution in [0.4, 0.5) is 17.2 Å². The Morgan fingerprint density at radius 1 is 1.06 bits per heavy atom. The normalized spacial score (nSPS) is 16.1. The number of carbonyl (C=O) groups excluding carboxylic acids is 1. The van der Waals surface area contributed by atoms with E-state index < -0.39 is 0 Å². The summed E-state index contributed by atoms with van der Waals surface area (Å²) < 4.78 is 0. The van der Waals surface area contributed by atoms with Gasteiger partial charge in [-0.05, 0) is 48.7 Å². The van der Waals surface area contributed by atoms with Crippen molar-refractivity contribution in [1.29, 1.82) is 0 Å². The van der Waals surface area contributed by atoms with Gasteiger partial charge in [-0.15, -0.1) is 0 Å². The Balaban J connectivity index is 1.24. The first kappa shape index (κ1) is 20.1. The van der Waals surface area contributed by atoms with Gasteiger partial charge < -0.3 is 20.5 Å². The summed E-state index contributed by atoms with van der Waals surface area (Å²) in [6.45, 7) is 2.13. The number of H-pyrrole nitrogens is 1. The number of aromatic nitrogens is 3. The first-order chi connectivity index (χ1) is 15.8. The molecule has 0 unspecified atom stereocenters. The van der Waals surface area contributed by atoms with Crippen molar-refractivity contribution in [1.82, 2.24) is 15.0 Å². The molecule has 0 spiro atoms. The second-order valence-electron chi connectivity index (χ2n) is 8.12. The molecule has 3 N–H and O–H groups in total. The molecule has 1 saturated heterocycles. The third-order valence-electron chi connectivity index (χ3n) is 5.92. The average molecular weight is 427 g/mol. The summed E-state index contributed by atoms with van der Waals surface area (Å²) >= 11 is 0. The van der Waals surface area contributed by atoms with Crippen molar-refractivity contribution in [3.63, 3.8) is 0 Å². The van der Waals surface area contributed by atoms with Crippen LogP contribution in [0.1, 0.15) is 24.3 Å². The Bertz CT molecular complexity index is 1210. The van der Waals surface area contributed by atoms with Gasteiger partial charge in [0.05, 0.1) is 11.9 Å². The zero-order chi connectivity index (χ0) is 21.8. The maximum absolute atomic E-state index is 12.3. The van der Waals surface area contributed by atoms with Gasteiger partial charge in [0.1, 0.15) is 17.8 Å². The minimum atomic E-state index is -0.0651. The highest BCUT2D eigenvalue weighted by Gasteiger charge is 2.24. The minimum Gasteiger partial charge on any atom is -0.376 e. The number of amides is 1. The van der Waals surface area contributed by atoms with Gasteiger partial charge in [0.2, 0.25) is 5.91 Å². The SMILES string of the molecule is O=C(CNc1cccc([C@@H]2CCCN(c3ncnc4[nH]ccc34)C2)c1)Nc1ccccc1. The van der Waals surface area contributed by atoms with E-state index in [9.17, 15) is 4.79 Å². The molecule has 4 aromatic rings. The van der Waals surface area contributed by atoms with Gasteiger partial charge in [0.15, 0.2) is 0 Å². The summed E-state index contributed by atoms with van der Waals surface area (Å²) in [7, 11) is 0. The predicted molar refractivity (Wildman–Crippen MR) is 128 cm³/mol. The third-order valence-corrected chi connectivity index (χ3v) is 5.92. The maximum Gasteiger partial charge on any atom is 0.243 e. The van der Waals surface area contributed by atoms with E-state index in [1.54, 1.807) is 6.33 Å². The first-order valence-electron chi connectivity index (χ1n) is 11.0. The van der Waals surface area contributed by atoms with Crippen LogP contribution in [0.25, 0.3) is 11.0 Å². The number of carbonyl (C=O) groups is 1. The number of hydrogen-bond donors (Lipinski definition) is 3. The largest absolute Gasteiger partial charge is 0.376 e. The molecule has 1 aliphatic rings. The van der Waals surface area contributed by atoms with Crippen molar-refractivity contribution in [2.24, 2.45) is 0 Å². The molecule has 2 aromatic heterocycles. The number of piperidine rings is 1. The summed E-state index contributed by atoms with van der Waals surface area (Å²) in [6.07, 6.45) is 5.78. The van der Waals surface area contributed by atoms with Crippen molar-refractivity contribution in [3.8, 4) is 0 Å². The molecule has 1 aliphatic heterocycles. The number of anilines is 3. The number of aromatic amines is 1. The number of para-hydroxylation sites is 1. The summed E-state index contributed by atoms with van der Waals surface area (Å²) in [5.74, 6) is 1.34. The Morgan fingerprint density at radius 3 is 2.84 bits per heavy atom. The lowest BCUT2D eigenvalue weighted by Gasteiger charge is -2.34. The van der Waals surface area contributed by atoms with Crippen LogP contribution in [0, 0.1) is 0 Å². The molecular formula is C25H26N6O. The Morgan fingerprint density at radius 2 is 1.94 bits per heavy atom. The number of nitrogens with one attached hydrogen (secondary N) is 3. The van der Waals surface area contributed by atoms with Crippen molar-refractivity contribution in [3.05, 3.63) is 78.8 Å². The topological polar surface area (TPSA) is 85.9 Å². The summed E-state index contributed by atoms with van der Waals surface area (Å²) in [5, 5.41) is 7.22. The smallest absolute Gasteiger partial charge is 0.243 e. The monoisotopic (exact) mass is 426 g/mol. The lowest BCUT2D eigenvalue weighted by atomic mass is 9.90. The molecule has 1 atom stereocenters. The highest BCUT2D eigenvalue weighted by molar-refractivity contribution is 5.93. The second-order valence-corrected chi connectivity index (χ2v) is 8.12. The van der Waals surface area contributed by atoms with Crippen molar-refractivity contribution in [2.75, 3.05) is 35.2 Å². The second kappa shape index (κ2) is 9.09. The molecule has 1 fully saturated rings. The Kier molecular flexibility index (Phi) is 5.70. The minimum absolute atomic E-state index is 0.0651. The van der Waals surface area contributed by atoms with Crippen LogP contribution < -0.4 is 15.5 Å². The number of nitrogens with zero attached hydrogens (tertiary/aromatic N) is 3. The van der Waals surface area contributed by atoms with Crippen LogP contribution in [-0.4, -0.2) is 40.5 Å². The van der Waals surface area contributed by atoms with E-state index >= 15 is 0 Å². The van der Waals surface area contributed by atoms with Gasteiger partial charge in [-0.2, -0.15) is 0 Å². The quantitative estimate of drug-likeness (QED) is 0.426. The molecule has 1 amide bonds. The van der Waals surface area contributed by atoms with Gasteiger partial charge >= 0.3 is 0 Å². The molecule has 32 heavy (non-hydrogen) atoms. The van der Waals surface area contributed by atoms with Crippen LogP contribution in [0.3, 0.4) is 0 Å². The standard InChI is InChI=1S/C25H26N6O/c32-23(30-20-8-2-1-3-9-20)15-27-21-10-4-6-18(14-21)19-7-5-13-31(16-19)25-22-11-12-26-24(22)28-17-29-25/h1-4,6,8-12,14,17,19,27H,5,7,13,15-16H2,(H,30,32)(H,26,28,29)/t19-/m1/s1. The molecule has 7 heteroatoms. The highest BCUT2D eigenvalue weighted by atomic mass is 16.1. The predicted octanol–water partition coefficient (Wildman–Crippen LogP) is 4.39. The van der Waals surface area contributed by atoms with E-state index in [1.165, 1.54) is 5.56 Å². The lowest BCUT2D eigenvalue weighted by Crippen LogP contribution is -2.35. The van der Waals surface area contributed by atoms with Crippen molar-refractivity contribution < 1.29 is 4.79 Å². The summed E-state index contributed by atoms with van der Waals surface area (Å²) in [4.78, 5) is 26.7. The van der Waals surface area contributed by atoms with Crippen LogP contribution in [0.5, 0.6) is 0 Å². The first-order valence-corrected chi connectivity index (χ1v) is 11.0. The summed E-state index contributed by atoms with van der Waals surface area (Å²) in [6, 6.07) is 19.9. The van der Waals surface area contributed by atoms with Crippen LogP contribution >= 0.6 is 0 Å². The molecule has 0 saturated carbocycles. The Hall–Kier alpha value is -3.87. The molecule has 0 radical (unpaired) electrons. The lowest BCUT2D eigenvalue weighted by molar-refractivity contribution is -0.114. The van der Waals surface area contributed by atoms with E-state index in [-0.39, 0.29) is 12.5 Å². The zero-order valence-electron chi connectivity index (χ0n) is 17.8. The van der Waals surface area contributed by atoms with E-state index in [0.717, 1.165) is 54.2 Å². The fraction of sp³-hybridized carbons (Fsp3) is 0.240. The summed E-state index contributed by atoms with van der Waals surface area (Å²) in [5.41, 5.74) is 3.91. The maximum atomic E-state index is 12.3. The van der Waals surface area contributed by atoms with Gasteiger partial charge in [-0.25, -0.2) is 9.97 Å². The molecule has 162 valence electrons. The third kappa shape index (κ3) is 4.42. The number of fused-ring (bicyclic) bond motifs is 1. The van der Waals surface area contributed by atoms with Crippen LogP contribution in [-0.2, 0) is 4.79 Å². The zero-order valence-corrected chi connectivity index (χ0v) is 17.8. The molecule has 2 aromatic carbocycles.